The second-order valence-electron chi connectivity index (χ2n) is 5.72. The van der Waals surface area contributed by atoms with Crippen molar-refractivity contribution in [1.29, 1.82) is 0 Å². The number of ether oxygens (including phenoxy) is 1. The van der Waals surface area contributed by atoms with E-state index in [2.05, 4.69) is 55.6 Å². The van der Waals surface area contributed by atoms with Gasteiger partial charge in [-0.25, -0.2) is 0 Å². The van der Waals surface area contributed by atoms with Gasteiger partial charge in [-0.1, -0.05) is 43.3 Å². The summed E-state index contributed by atoms with van der Waals surface area (Å²) in [5, 5.41) is 6.15. The first-order chi connectivity index (χ1) is 9.79. The molecule has 1 fully saturated rings. The largest absolute Gasteiger partial charge is 0.493 e. The molecule has 1 N–H and O–H groups in total. The summed E-state index contributed by atoms with van der Waals surface area (Å²) in [5.74, 6) is 1.06. The molecule has 1 atom stereocenters. The lowest BCUT2D eigenvalue weighted by molar-refractivity contribution is 0.314. The van der Waals surface area contributed by atoms with Crippen molar-refractivity contribution in [1.82, 2.24) is 5.32 Å². The molecule has 0 bridgehead atoms. The molecule has 1 saturated carbocycles. The highest BCUT2D eigenvalue weighted by molar-refractivity contribution is 5.89. The Morgan fingerprint density at radius 2 is 2.00 bits per heavy atom. The Hall–Kier alpha value is -1.54. The molecule has 2 heteroatoms. The van der Waals surface area contributed by atoms with Gasteiger partial charge < -0.3 is 10.1 Å². The predicted molar refractivity (Wildman–Crippen MR) is 84.3 cm³/mol. The molecular weight excluding hydrogens is 246 g/mol. The molecule has 0 aliphatic heterocycles. The van der Waals surface area contributed by atoms with Crippen LogP contribution in [0.15, 0.2) is 36.4 Å². The van der Waals surface area contributed by atoms with Crippen LogP contribution in [0.2, 0.25) is 0 Å². The summed E-state index contributed by atoms with van der Waals surface area (Å²) >= 11 is 0. The first-order valence-electron chi connectivity index (χ1n) is 7.70. The van der Waals surface area contributed by atoms with Crippen LogP contribution in [0.5, 0.6) is 5.75 Å². The summed E-state index contributed by atoms with van der Waals surface area (Å²) in [7, 11) is 0. The summed E-state index contributed by atoms with van der Waals surface area (Å²) in [5.41, 5.74) is 1.28. The fourth-order valence-electron chi connectivity index (χ4n) is 2.66. The second kappa shape index (κ2) is 5.84. The average Bonchev–Trinajstić information content (AvgIpc) is 3.28. The number of rotatable bonds is 6. The van der Waals surface area contributed by atoms with E-state index in [9.17, 15) is 0 Å². The van der Waals surface area contributed by atoms with E-state index in [0.29, 0.717) is 12.1 Å². The highest BCUT2D eigenvalue weighted by Gasteiger charge is 2.25. The van der Waals surface area contributed by atoms with E-state index in [0.717, 1.165) is 18.8 Å². The van der Waals surface area contributed by atoms with E-state index >= 15 is 0 Å². The van der Waals surface area contributed by atoms with Crippen LogP contribution in [0.25, 0.3) is 10.8 Å². The van der Waals surface area contributed by atoms with Crippen LogP contribution in [0.1, 0.15) is 44.7 Å². The molecule has 3 rings (SSSR count). The molecule has 0 saturated heterocycles. The van der Waals surface area contributed by atoms with Gasteiger partial charge in [0, 0.05) is 23.0 Å². The Morgan fingerprint density at radius 1 is 1.20 bits per heavy atom. The molecule has 106 valence electrons. The normalized spacial score (nSPS) is 16.3. The number of hydrogen-bond donors (Lipinski definition) is 1. The van der Waals surface area contributed by atoms with E-state index in [-0.39, 0.29) is 0 Å². The van der Waals surface area contributed by atoms with Crippen LogP contribution in [0.4, 0.5) is 0 Å². The molecule has 2 aromatic rings. The van der Waals surface area contributed by atoms with Gasteiger partial charge in [-0.05, 0) is 31.6 Å². The highest BCUT2D eigenvalue weighted by atomic mass is 16.5. The van der Waals surface area contributed by atoms with Crippen LogP contribution in [0, 0.1) is 0 Å². The van der Waals surface area contributed by atoms with E-state index in [1.54, 1.807) is 0 Å². The Labute approximate surface area is 121 Å². The molecule has 1 unspecified atom stereocenters. The van der Waals surface area contributed by atoms with Crippen molar-refractivity contribution < 1.29 is 4.74 Å². The topological polar surface area (TPSA) is 21.3 Å². The summed E-state index contributed by atoms with van der Waals surface area (Å²) in [6.07, 6.45) is 3.65. The van der Waals surface area contributed by atoms with Gasteiger partial charge in [0.25, 0.3) is 0 Å². The highest BCUT2D eigenvalue weighted by Crippen LogP contribution is 2.35. The zero-order valence-electron chi connectivity index (χ0n) is 12.4. The van der Waals surface area contributed by atoms with Gasteiger partial charge in [0.05, 0.1) is 6.61 Å². The molecule has 0 aromatic heterocycles. The number of hydrogen-bond acceptors (Lipinski definition) is 2. The van der Waals surface area contributed by atoms with Gasteiger partial charge in [0.1, 0.15) is 5.75 Å². The molecule has 0 spiro atoms. The minimum atomic E-state index is 0.346. The molecular formula is C18H23NO. The van der Waals surface area contributed by atoms with Crippen LogP contribution in [-0.4, -0.2) is 12.6 Å². The number of fused-ring (bicyclic) bond motifs is 1. The third-order valence-electron chi connectivity index (χ3n) is 3.89. The quantitative estimate of drug-likeness (QED) is 0.837. The molecule has 1 aliphatic rings. The first-order valence-corrected chi connectivity index (χ1v) is 7.70. The minimum absolute atomic E-state index is 0.346. The SMILES string of the molecule is CCCOc1c(C(C)NC2CC2)ccc2ccccc12. The van der Waals surface area contributed by atoms with Crippen molar-refractivity contribution in [3.63, 3.8) is 0 Å². The van der Waals surface area contributed by atoms with Gasteiger partial charge in [-0.2, -0.15) is 0 Å². The Kier molecular flexibility index (Phi) is 3.93. The molecule has 20 heavy (non-hydrogen) atoms. The lowest BCUT2D eigenvalue weighted by Gasteiger charge is -2.20. The van der Waals surface area contributed by atoms with Gasteiger partial charge >= 0.3 is 0 Å². The van der Waals surface area contributed by atoms with Crippen molar-refractivity contribution >= 4 is 10.8 Å². The van der Waals surface area contributed by atoms with E-state index in [4.69, 9.17) is 4.74 Å². The number of nitrogens with one attached hydrogen (secondary N) is 1. The van der Waals surface area contributed by atoms with E-state index in [1.165, 1.54) is 29.2 Å². The summed E-state index contributed by atoms with van der Waals surface area (Å²) in [6, 6.07) is 13.9. The molecule has 2 aromatic carbocycles. The smallest absolute Gasteiger partial charge is 0.131 e. The van der Waals surface area contributed by atoms with Crippen LogP contribution < -0.4 is 10.1 Å². The molecule has 0 radical (unpaired) electrons. The fourth-order valence-corrected chi connectivity index (χ4v) is 2.66. The second-order valence-corrected chi connectivity index (χ2v) is 5.72. The maximum atomic E-state index is 6.08. The molecule has 0 amide bonds. The molecule has 1 aliphatic carbocycles. The van der Waals surface area contributed by atoms with Gasteiger partial charge in [-0.3, -0.25) is 0 Å². The predicted octanol–water partition coefficient (Wildman–Crippen LogP) is 4.44. The van der Waals surface area contributed by atoms with Gasteiger partial charge in [0.15, 0.2) is 0 Å². The Balaban J connectivity index is 1.99. The lowest BCUT2D eigenvalue weighted by atomic mass is 10.0. The van der Waals surface area contributed by atoms with Crippen LogP contribution in [-0.2, 0) is 0 Å². The first kappa shape index (κ1) is 13.4. The van der Waals surface area contributed by atoms with Crippen molar-refractivity contribution in [2.24, 2.45) is 0 Å². The third kappa shape index (κ3) is 2.80. The fraction of sp³-hybridized carbons (Fsp3) is 0.444. The summed E-state index contributed by atoms with van der Waals surface area (Å²) < 4.78 is 6.08. The van der Waals surface area contributed by atoms with Crippen molar-refractivity contribution in [3.05, 3.63) is 42.0 Å². The standard InChI is InChI=1S/C18H23NO/c1-3-12-20-18-16(13(2)19-15-9-10-15)11-8-14-6-4-5-7-17(14)18/h4-8,11,13,15,19H,3,9-10,12H2,1-2H3. The zero-order valence-corrected chi connectivity index (χ0v) is 12.4. The van der Waals surface area contributed by atoms with Gasteiger partial charge in [-0.15, -0.1) is 0 Å². The summed E-state index contributed by atoms with van der Waals surface area (Å²) in [4.78, 5) is 0. The van der Waals surface area contributed by atoms with Crippen molar-refractivity contribution in [2.45, 2.75) is 45.2 Å². The Bertz CT molecular complexity index is 589. The average molecular weight is 269 g/mol. The maximum Gasteiger partial charge on any atom is 0.131 e. The monoisotopic (exact) mass is 269 g/mol. The maximum absolute atomic E-state index is 6.08. The zero-order chi connectivity index (χ0) is 13.9. The number of benzene rings is 2. The minimum Gasteiger partial charge on any atom is -0.493 e. The molecule has 2 nitrogen and oxygen atoms in total. The van der Waals surface area contributed by atoms with Crippen LogP contribution in [0.3, 0.4) is 0 Å². The Morgan fingerprint density at radius 3 is 2.75 bits per heavy atom. The third-order valence-corrected chi connectivity index (χ3v) is 3.89. The van der Waals surface area contributed by atoms with Crippen LogP contribution >= 0.6 is 0 Å². The summed E-state index contributed by atoms with van der Waals surface area (Å²) in [6.45, 7) is 5.16. The lowest BCUT2D eigenvalue weighted by Crippen LogP contribution is -2.21. The van der Waals surface area contributed by atoms with E-state index < -0.39 is 0 Å². The van der Waals surface area contributed by atoms with Crippen molar-refractivity contribution in [3.8, 4) is 5.75 Å². The van der Waals surface area contributed by atoms with E-state index in [1.807, 2.05) is 0 Å². The van der Waals surface area contributed by atoms with Gasteiger partial charge in [0.2, 0.25) is 0 Å². The molecule has 0 heterocycles. The van der Waals surface area contributed by atoms with Crippen molar-refractivity contribution in [2.75, 3.05) is 6.61 Å².